The quantitative estimate of drug-likeness (QED) is 0.351. The Kier molecular flexibility index (Phi) is 9.09. The van der Waals surface area contributed by atoms with E-state index in [1.807, 2.05) is 42.5 Å². The van der Waals surface area contributed by atoms with Crippen molar-refractivity contribution in [3.8, 4) is 5.75 Å². The molecule has 2 heterocycles. The van der Waals surface area contributed by atoms with E-state index in [2.05, 4.69) is 41.0 Å². The van der Waals surface area contributed by atoms with Crippen molar-refractivity contribution in [2.24, 2.45) is 0 Å². The zero-order valence-electron chi connectivity index (χ0n) is 20.8. The van der Waals surface area contributed by atoms with Crippen LogP contribution in [0.5, 0.6) is 5.75 Å². The molecule has 2 aromatic rings. The van der Waals surface area contributed by atoms with Gasteiger partial charge in [0.15, 0.2) is 0 Å². The molecule has 35 heavy (non-hydrogen) atoms. The van der Waals surface area contributed by atoms with E-state index in [4.69, 9.17) is 4.74 Å². The van der Waals surface area contributed by atoms with E-state index in [-0.39, 0.29) is 24.3 Å². The SMILES string of the molecule is CCCCCCOc1ccc(N2C(=O)C[C@@H](N3CCN(C/C=C/c4ccccc4)CC3)C2=O)cc1. The normalized spacial score (nSPS) is 19.7. The molecule has 2 saturated heterocycles. The van der Waals surface area contributed by atoms with Crippen LogP contribution in [0.25, 0.3) is 6.08 Å². The lowest BCUT2D eigenvalue weighted by molar-refractivity contribution is -0.123. The summed E-state index contributed by atoms with van der Waals surface area (Å²) in [4.78, 5) is 31.9. The van der Waals surface area contributed by atoms with Gasteiger partial charge < -0.3 is 4.74 Å². The second-order valence-electron chi connectivity index (χ2n) is 9.34. The van der Waals surface area contributed by atoms with Crippen molar-refractivity contribution in [1.29, 1.82) is 0 Å². The molecule has 2 aliphatic heterocycles. The van der Waals surface area contributed by atoms with Gasteiger partial charge >= 0.3 is 0 Å². The predicted octanol–water partition coefficient (Wildman–Crippen LogP) is 4.61. The van der Waals surface area contributed by atoms with Gasteiger partial charge in [0.2, 0.25) is 5.91 Å². The number of carbonyl (C=O) groups is 2. The molecular formula is C29H37N3O3. The van der Waals surface area contributed by atoms with Gasteiger partial charge in [0.05, 0.1) is 24.8 Å². The fraction of sp³-hybridized carbons (Fsp3) is 0.448. The van der Waals surface area contributed by atoms with Crippen molar-refractivity contribution in [1.82, 2.24) is 9.80 Å². The van der Waals surface area contributed by atoms with E-state index in [0.29, 0.717) is 12.3 Å². The number of hydrogen-bond donors (Lipinski definition) is 0. The molecule has 0 aromatic heterocycles. The smallest absolute Gasteiger partial charge is 0.251 e. The number of hydrogen-bond acceptors (Lipinski definition) is 5. The van der Waals surface area contributed by atoms with Gasteiger partial charge in [-0.1, -0.05) is 68.7 Å². The average molecular weight is 476 g/mol. The third-order valence-electron chi connectivity index (χ3n) is 6.81. The van der Waals surface area contributed by atoms with Crippen LogP contribution in [0.4, 0.5) is 5.69 Å². The third-order valence-corrected chi connectivity index (χ3v) is 6.81. The van der Waals surface area contributed by atoms with E-state index >= 15 is 0 Å². The van der Waals surface area contributed by atoms with Crippen LogP contribution in [-0.2, 0) is 9.59 Å². The molecule has 2 aromatic carbocycles. The summed E-state index contributed by atoms with van der Waals surface area (Å²) < 4.78 is 5.80. The number of unbranched alkanes of at least 4 members (excludes halogenated alkanes) is 3. The molecule has 0 saturated carbocycles. The van der Waals surface area contributed by atoms with Gasteiger partial charge in [0.1, 0.15) is 5.75 Å². The Labute approximate surface area is 209 Å². The van der Waals surface area contributed by atoms with E-state index < -0.39 is 0 Å². The maximum atomic E-state index is 13.2. The summed E-state index contributed by atoms with van der Waals surface area (Å²) in [6, 6.07) is 17.3. The molecule has 6 heteroatoms. The van der Waals surface area contributed by atoms with Crippen LogP contribution in [0.1, 0.15) is 44.6 Å². The minimum atomic E-state index is -0.362. The van der Waals surface area contributed by atoms with Crippen LogP contribution in [0.3, 0.4) is 0 Å². The molecular weight excluding hydrogens is 438 g/mol. The monoisotopic (exact) mass is 475 g/mol. The Bertz CT molecular complexity index is 982. The van der Waals surface area contributed by atoms with Crippen LogP contribution in [0, 0.1) is 0 Å². The van der Waals surface area contributed by atoms with Crippen molar-refractivity contribution >= 4 is 23.6 Å². The highest BCUT2D eigenvalue weighted by molar-refractivity contribution is 6.22. The molecule has 0 radical (unpaired) electrons. The number of benzene rings is 2. The molecule has 2 amide bonds. The number of nitrogens with zero attached hydrogens (tertiary/aromatic N) is 3. The van der Waals surface area contributed by atoms with Gasteiger partial charge in [-0.3, -0.25) is 19.4 Å². The fourth-order valence-corrected chi connectivity index (χ4v) is 4.74. The van der Waals surface area contributed by atoms with Crippen molar-refractivity contribution in [2.75, 3.05) is 44.2 Å². The fourth-order valence-electron chi connectivity index (χ4n) is 4.74. The van der Waals surface area contributed by atoms with Gasteiger partial charge in [-0.05, 0) is 36.2 Å². The third kappa shape index (κ3) is 6.80. The Morgan fingerprint density at radius 2 is 1.66 bits per heavy atom. The summed E-state index contributed by atoms with van der Waals surface area (Å²) in [5, 5.41) is 0. The van der Waals surface area contributed by atoms with Crippen molar-refractivity contribution in [3.05, 3.63) is 66.2 Å². The number of imide groups is 1. The summed E-state index contributed by atoms with van der Waals surface area (Å²) in [5.74, 6) is 0.542. The van der Waals surface area contributed by atoms with Crippen molar-refractivity contribution in [2.45, 2.75) is 45.1 Å². The number of piperazine rings is 1. The van der Waals surface area contributed by atoms with Crippen LogP contribution in [0.2, 0.25) is 0 Å². The van der Waals surface area contributed by atoms with Crippen LogP contribution in [-0.4, -0.2) is 67.0 Å². The molecule has 0 spiro atoms. The van der Waals surface area contributed by atoms with Gasteiger partial charge in [-0.15, -0.1) is 0 Å². The van der Waals surface area contributed by atoms with Gasteiger partial charge in [-0.2, -0.15) is 0 Å². The molecule has 4 rings (SSSR count). The highest BCUT2D eigenvalue weighted by Crippen LogP contribution is 2.28. The van der Waals surface area contributed by atoms with Crippen molar-refractivity contribution in [3.63, 3.8) is 0 Å². The van der Waals surface area contributed by atoms with E-state index in [9.17, 15) is 9.59 Å². The van der Waals surface area contributed by atoms with Gasteiger partial charge in [0.25, 0.3) is 5.91 Å². The number of rotatable bonds is 11. The zero-order valence-corrected chi connectivity index (χ0v) is 20.8. The predicted molar refractivity (Wildman–Crippen MR) is 140 cm³/mol. The highest BCUT2D eigenvalue weighted by Gasteiger charge is 2.43. The Morgan fingerprint density at radius 3 is 2.37 bits per heavy atom. The Morgan fingerprint density at radius 1 is 0.914 bits per heavy atom. The average Bonchev–Trinajstić information content (AvgIpc) is 3.19. The first kappa shape index (κ1) is 25.1. The summed E-state index contributed by atoms with van der Waals surface area (Å²) in [5.41, 5.74) is 1.83. The molecule has 0 bridgehead atoms. The lowest BCUT2D eigenvalue weighted by Gasteiger charge is -2.36. The van der Waals surface area contributed by atoms with E-state index in [0.717, 1.165) is 44.9 Å². The van der Waals surface area contributed by atoms with E-state index in [1.54, 1.807) is 0 Å². The lowest BCUT2D eigenvalue weighted by atomic mass is 10.1. The van der Waals surface area contributed by atoms with Crippen molar-refractivity contribution < 1.29 is 14.3 Å². The molecule has 2 aliphatic rings. The topological polar surface area (TPSA) is 53.1 Å². The van der Waals surface area contributed by atoms with E-state index in [1.165, 1.54) is 29.7 Å². The zero-order chi connectivity index (χ0) is 24.5. The molecule has 186 valence electrons. The van der Waals surface area contributed by atoms with Crippen LogP contribution >= 0.6 is 0 Å². The first-order chi connectivity index (χ1) is 17.2. The number of anilines is 1. The summed E-state index contributed by atoms with van der Waals surface area (Å²) >= 11 is 0. The largest absolute Gasteiger partial charge is 0.494 e. The molecule has 0 aliphatic carbocycles. The maximum Gasteiger partial charge on any atom is 0.251 e. The highest BCUT2D eigenvalue weighted by atomic mass is 16.5. The standard InChI is InChI=1S/C29H37N3O3/c1-2-3-4-8-22-35-26-15-13-25(14-16-26)32-28(33)23-27(29(32)34)31-20-18-30(19-21-31)17-9-12-24-10-6-5-7-11-24/h5-7,9-16,27H,2-4,8,17-23H2,1H3/b12-9+/t27-/m1/s1. The Hall–Kier alpha value is -2.96. The molecule has 6 nitrogen and oxygen atoms in total. The van der Waals surface area contributed by atoms with Gasteiger partial charge in [-0.25, -0.2) is 4.90 Å². The first-order valence-corrected chi connectivity index (χ1v) is 12.9. The van der Waals surface area contributed by atoms with Crippen LogP contribution in [0.15, 0.2) is 60.7 Å². The summed E-state index contributed by atoms with van der Waals surface area (Å²) in [6.07, 6.45) is 9.23. The Balaban J connectivity index is 1.25. The van der Waals surface area contributed by atoms with Crippen LogP contribution < -0.4 is 9.64 Å². The molecule has 0 N–H and O–H groups in total. The summed E-state index contributed by atoms with van der Waals surface area (Å²) in [7, 11) is 0. The van der Waals surface area contributed by atoms with Gasteiger partial charge in [0, 0.05) is 32.7 Å². The maximum absolute atomic E-state index is 13.2. The summed E-state index contributed by atoms with van der Waals surface area (Å²) in [6.45, 7) is 7.14. The first-order valence-electron chi connectivity index (χ1n) is 12.9. The number of amides is 2. The molecule has 2 fully saturated rings. The molecule has 1 atom stereocenters. The minimum absolute atomic E-state index is 0.111. The second kappa shape index (κ2) is 12.7. The number of ether oxygens (including phenoxy) is 1. The second-order valence-corrected chi connectivity index (χ2v) is 9.34. The number of carbonyl (C=O) groups excluding carboxylic acids is 2. The molecule has 0 unspecified atom stereocenters. The minimum Gasteiger partial charge on any atom is -0.494 e. The lowest BCUT2D eigenvalue weighted by Crippen LogP contribution is -2.52.